The van der Waals surface area contributed by atoms with Gasteiger partial charge in [0.1, 0.15) is 17.2 Å². The number of hydrogen-bond acceptors (Lipinski definition) is 7. The standard InChI is InChI=1S/C34H30ClN5O3S/c1-3-18-42-27-14-10-23(11-15-27)12-17-31-36-34-40(37-31)33(41)30(44-34)21-25-22-39(26-8-6-5-7-9-26)38-32(25)24-13-16-29(28(35)20-24)43-19-4-2/h5-17,20-22H,3-4,18-19H2,1-2H3/b17-12+,30-21-. The normalized spacial score (nSPS) is 12.0. The van der Waals surface area contributed by atoms with Crippen LogP contribution in [0.2, 0.25) is 5.02 Å². The molecule has 0 unspecified atom stereocenters. The molecular formula is C34H30ClN5O3S. The Morgan fingerprint density at radius 1 is 0.909 bits per heavy atom. The van der Waals surface area contributed by atoms with Gasteiger partial charge in [0.15, 0.2) is 5.82 Å². The van der Waals surface area contributed by atoms with E-state index in [9.17, 15) is 4.79 Å². The average molecular weight is 624 g/mol. The maximum Gasteiger partial charge on any atom is 0.291 e. The van der Waals surface area contributed by atoms with E-state index in [-0.39, 0.29) is 5.56 Å². The summed E-state index contributed by atoms with van der Waals surface area (Å²) in [5.41, 5.74) is 3.90. The third-order valence-electron chi connectivity index (χ3n) is 6.69. The van der Waals surface area contributed by atoms with Crippen molar-refractivity contribution in [3.63, 3.8) is 0 Å². The van der Waals surface area contributed by atoms with Crippen LogP contribution in [0.3, 0.4) is 0 Å². The Labute approximate surface area is 263 Å². The van der Waals surface area contributed by atoms with Gasteiger partial charge in [-0.1, -0.05) is 73.2 Å². The number of para-hydroxylation sites is 1. The van der Waals surface area contributed by atoms with Gasteiger partial charge < -0.3 is 9.47 Å². The van der Waals surface area contributed by atoms with Crippen molar-refractivity contribution >= 4 is 46.1 Å². The van der Waals surface area contributed by atoms with Crippen LogP contribution < -0.4 is 19.6 Å². The van der Waals surface area contributed by atoms with Crippen LogP contribution in [0, 0.1) is 0 Å². The van der Waals surface area contributed by atoms with Crippen molar-refractivity contribution < 1.29 is 9.47 Å². The van der Waals surface area contributed by atoms with Crippen LogP contribution in [-0.2, 0) is 0 Å². The fourth-order valence-electron chi connectivity index (χ4n) is 4.53. The van der Waals surface area contributed by atoms with Crippen LogP contribution in [0.25, 0.3) is 40.1 Å². The predicted octanol–water partition coefficient (Wildman–Crippen LogP) is 6.95. The third kappa shape index (κ3) is 6.44. The summed E-state index contributed by atoms with van der Waals surface area (Å²) in [6.45, 7) is 5.39. The summed E-state index contributed by atoms with van der Waals surface area (Å²) in [4.78, 5) is 18.5. The minimum atomic E-state index is -0.241. The van der Waals surface area contributed by atoms with Crippen LogP contribution in [0.1, 0.15) is 43.6 Å². The molecule has 0 fully saturated rings. The lowest BCUT2D eigenvalue weighted by Gasteiger charge is -2.08. The Hall–Kier alpha value is -4.73. The SMILES string of the molecule is CCCOc1ccc(/C=C/c2nc3s/c(=C\c4cn(-c5ccccc5)nc4-c4ccc(OCCC)c(Cl)c4)c(=O)n3n2)cc1. The Bertz CT molecular complexity index is 2030. The second-order valence-electron chi connectivity index (χ2n) is 10.0. The average Bonchev–Trinajstić information content (AvgIpc) is 3.74. The van der Waals surface area contributed by atoms with Gasteiger partial charge in [0, 0.05) is 17.3 Å². The van der Waals surface area contributed by atoms with Crippen molar-refractivity contribution in [2.75, 3.05) is 13.2 Å². The molecule has 3 heterocycles. The predicted molar refractivity (Wildman–Crippen MR) is 177 cm³/mol. The Morgan fingerprint density at radius 2 is 1.68 bits per heavy atom. The van der Waals surface area contributed by atoms with Crippen molar-refractivity contribution in [3.8, 4) is 28.4 Å². The van der Waals surface area contributed by atoms with Gasteiger partial charge in [-0.05, 0) is 73.0 Å². The molecule has 222 valence electrons. The number of fused-ring (bicyclic) bond motifs is 1. The van der Waals surface area contributed by atoms with Crippen LogP contribution in [-0.4, -0.2) is 37.6 Å². The lowest BCUT2D eigenvalue weighted by Crippen LogP contribution is -2.23. The van der Waals surface area contributed by atoms with E-state index >= 15 is 0 Å². The molecule has 6 aromatic rings. The summed E-state index contributed by atoms with van der Waals surface area (Å²) >= 11 is 7.85. The number of nitrogens with zero attached hydrogens (tertiary/aromatic N) is 5. The highest BCUT2D eigenvalue weighted by molar-refractivity contribution is 7.15. The molecule has 0 spiro atoms. The van der Waals surface area contributed by atoms with Crippen molar-refractivity contribution in [2.45, 2.75) is 26.7 Å². The first kappa shape index (κ1) is 29.3. The number of halogens is 1. The van der Waals surface area contributed by atoms with Gasteiger partial charge >= 0.3 is 0 Å². The van der Waals surface area contributed by atoms with Crippen LogP contribution in [0.15, 0.2) is 83.8 Å². The second-order valence-corrected chi connectivity index (χ2v) is 11.5. The van der Waals surface area contributed by atoms with E-state index in [2.05, 4.69) is 17.0 Å². The number of thiazole rings is 1. The monoisotopic (exact) mass is 623 g/mol. The highest BCUT2D eigenvalue weighted by Crippen LogP contribution is 2.32. The van der Waals surface area contributed by atoms with Crippen LogP contribution in [0.4, 0.5) is 0 Å². The third-order valence-corrected chi connectivity index (χ3v) is 7.95. The summed E-state index contributed by atoms with van der Waals surface area (Å²) in [6, 6.07) is 23.2. The second kappa shape index (κ2) is 13.3. The van der Waals surface area contributed by atoms with Gasteiger partial charge in [0.25, 0.3) is 5.56 Å². The van der Waals surface area contributed by atoms with E-state index in [0.717, 1.165) is 41.0 Å². The Balaban J connectivity index is 1.33. The fraction of sp³-hybridized carbons (Fsp3) is 0.176. The number of aromatic nitrogens is 5. The maximum atomic E-state index is 13.4. The molecule has 0 amide bonds. The molecule has 0 aliphatic carbocycles. The minimum Gasteiger partial charge on any atom is -0.494 e. The summed E-state index contributed by atoms with van der Waals surface area (Å²) in [6.07, 6.45) is 9.29. The lowest BCUT2D eigenvalue weighted by molar-refractivity contribution is 0.317. The zero-order valence-corrected chi connectivity index (χ0v) is 25.9. The summed E-state index contributed by atoms with van der Waals surface area (Å²) in [5, 5.41) is 9.82. The zero-order valence-electron chi connectivity index (χ0n) is 24.3. The molecule has 0 aliphatic heterocycles. The van der Waals surface area contributed by atoms with Crippen molar-refractivity contribution in [2.24, 2.45) is 0 Å². The fourth-order valence-corrected chi connectivity index (χ4v) is 5.67. The first-order valence-corrected chi connectivity index (χ1v) is 15.6. The number of hydrogen-bond donors (Lipinski definition) is 0. The topological polar surface area (TPSA) is 83.5 Å². The molecule has 0 saturated carbocycles. The van der Waals surface area contributed by atoms with E-state index < -0.39 is 0 Å². The lowest BCUT2D eigenvalue weighted by atomic mass is 10.1. The number of benzene rings is 3. The van der Waals surface area contributed by atoms with E-state index in [0.29, 0.717) is 45.0 Å². The van der Waals surface area contributed by atoms with Crippen LogP contribution in [0.5, 0.6) is 11.5 Å². The molecule has 3 aromatic carbocycles. The Kier molecular flexibility index (Phi) is 8.86. The molecule has 0 aliphatic rings. The van der Waals surface area contributed by atoms with E-state index in [4.69, 9.17) is 26.2 Å². The molecule has 0 N–H and O–H groups in total. The number of ether oxygens (including phenoxy) is 2. The largest absolute Gasteiger partial charge is 0.494 e. The molecule has 6 rings (SSSR count). The van der Waals surface area contributed by atoms with Gasteiger partial charge in [-0.15, -0.1) is 5.10 Å². The molecule has 0 bridgehead atoms. The first-order valence-electron chi connectivity index (χ1n) is 14.4. The minimum absolute atomic E-state index is 0.241. The Morgan fingerprint density at radius 3 is 2.41 bits per heavy atom. The van der Waals surface area contributed by atoms with Crippen molar-refractivity contribution in [1.82, 2.24) is 24.4 Å². The van der Waals surface area contributed by atoms with Gasteiger partial charge in [0.05, 0.1) is 28.5 Å². The van der Waals surface area contributed by atoms with E-state index in [1.165, 1.54) is 15.9 Å². The quantitative estimate of drug-likeness (QED) is 0.155. The van der Waals surface area contributed by atoms with Gasteiger partial charge in [-0.25, -0.2) is 4.68 Å². The summed E-state index contributed by atoms with van der Waals surface area (Å²) < 4.78 is 15.0. The van der Waals surface area contributed by atoms with Gasteiger partial charge in [-0.3, -0.25) is 4.79 Å². The van der Waals surface area contributed by atoms with Crippen LogP contribution >= 0.6 is 22.9 Å². The highest BCUT2D eigenvalue weighted by atomic mass is 35.5. The molecule has 0 saturated heterocycles. The molecule has 8 nitrogen and oxygen atoms in total. The summed E-state index contributed by atoms with van der Waals surface area (Å²) in [7, 11) is 0. The van der Waals surface area contributed by atoms with Gasteiger partial charge in [-0.2, -0.15) is 14.6 Å². The number of rotatable bonds is 11. The molecule has 10 heteroatoms. The van der Waals surface area contributed by atoms with E-state index in [1.807, 2.05) is 98.1 Å². The first-order chi connectivity index (χ1) is 21.5. The highest BCUT2D eigenvalue weighted by Gasteiger charge is 2.15. The summed E-state index contributed by atoms with van der Waals surface area (Å²) in [5.74, 6) is 1.92. The van der Waals surface area contributed by atoms with Crippen molar-refractivity contribution in [1.29, 1.82) is 0 Å². The molecular weight excluding hydrogens is 594 g/mol. The molecule has 3 aromatic heterocycles. The smallest absolute Gasteiger partial charge is 0.291 e. The molecule has 0 atom stereocenters. The maximum absolute atomic E-state index is 13.4. The van der Waals surface area contributed by atoms with Gasteiger partial charge in [0.2, 0.25) is 4.96 Å². The molecule has 44 heavy (non-hydrogen) atoms. The molecule has 0 radical (unpaired) electrons. The zero-order chi connectivity index (χ0) is 30.5. The van der Waals surface area contributed by atoms with Crippen molar-refractivity contribution in [3.05, 3.63) is 116 Å². The van der Waals surface area contributed by atoms with E-state index in [1.54, 1.807) is 10.8 Å².